The van der Waals surface area contributed by atoms with Crippen LogP contribution >= 0.6 is 0 Å². The highest BCUT2D eigenvalue weighted by Crippen LogP contribution is 2.56. The van der Waals surface area contributed by atoms with E-state index in [9.17, 15) is 5.11 Å². The van der Waals surface area contributed by atoms with Gasteiger partial charge in [0.05, 0.1) is 5.60 Å². The molecule has 1 heteroatoms. The van der Waals surface area contributed by atoms with E-state index in [1.807, 2.05) is 0 Å². The van der Waals surface area contributed by atoms with Crippen LogP contribution in [0.3, 0.4) is 0 Å². The fraction of sp³-hybridized carbons (Fsp3) is 0.800. The van der Waals surface area contributed by atoms with E-state index < -0.39 is 5.60 Å². The Morgan fingerprint density at radius 2 is 2.14 bits per heavy atom. The third kappa shape index (κ3) is 3.80. The second-order valence-corrected chi connectivity index (χ2v) is 8.38. The van der Waals surface area contributed by atoms with Crippen LogP contribution in [0, 0.1) is 17.3 Å². The second kappa shape index (κ2) is 6.28. The predicted molar refractivity (Wildman–Crippen MR) is 91.2 cm³/mol. The van der Waals surface area contributed by atoms with Crippen LogP contribution in [0.25, 0.3) is 0 Å². The maximum atomic E-state index is 11.1. The van der Waals surface area contributed by atoms with Crippen LogP contribution in [0.15, 0.2) is 23.3 Å². The zero-order chi connectivity index (χ0) is 15.7. The maximum absolute atomic E-state index is 11.1. The first-order chi connectivity index (χ1) is 9.74. The molecule has 0 amide bonds. The predicted octanol–water partition coefficient (Wildman–Crippen LogP) is 5.65. The van der Waals surface area contributed by atoms with E-state index in [0.29, 0.717) is 17.3 Å². The normalized spacial score (nSPS) is 35.4. The van der Waals surface area contributed by atoms with Crippen LogP contribution in [-0.2, 0) is 0 Å². The second-order valence-electron chi connectivity index (χ2n) is 8.38. The largest absolute Gasteiger partial charge is 0.390 e. The lowest BCUT2D eigenvalue weighted by molar-refractivity contribution is -0.0368. The molecule has 0 aromatic heterocycles. The standard InChI is InChI=1S/C20H34O/c1-15(2)7-6-12-20(5,21)18-11-14-19(4)13-10-16(3)8-9-17(18)19/h7,10,17-18,21H,6,8-9,11-14H2,1-5H3/t17-,18-,19-,20-/m0/s1. The van der Waals surface area contributed by atoms with Gasteiger partial charge in [-0.3, -0.25) is 0 Å². The van der Waals surface area contributed by atoms with Gasteiger partial charge < -0.3 is 5.11 Å². The van der Waals surface area contributed by atoms with E-state index in [4.69, 9.17) is 0 Å². The number of allylic oxidation sites excluding steroid dienone is 4. The summed E-state index contributed by atoms with van der Waals surface area (Å²) in [7, 11) is 0. The van der Waals surface area contributed by atoms with E-state index in [1.165, 1.54) is 37.7 Å². The number of aliphatic hydroxyl groups is 1. The summed E-state index contributed by atoms with van der Waals surface area (Å²) in [5, 5.41) is 11.1. The minimum absolute atomic E-state index is 0.420. The summed E-state index contributed by atoms with van der Waals surface area (Å²) >= 11 is 0. The van der Waals surface area contributed by atoms with Gasteiger partial charge in [-0.2, -0.15) is 0 Å². The Kier molecular flexibility index (Phi) is 5.03. The van der Waals surface area contributed by atoms with Gasteiger partial charge in [-0.1, -0.05) is 30.2 Å². The Balaban J connectivity index is 2.08. The van der Waals surface area contributed by atoms with E-state index >= 15 is 0 Å². The molecule has 0 aromatic carbocycles. The minimum atomic E-state index is -0.507. The molecule has 2 aliphatic rings. The molecule has 0 aliphatic heterocycles. The molecule has 4 atom stereocenters. The van der Waals surface area contributed by atoms with Gasteiger partial charge in [0.2, 0.25) is 0 Å². The van der Waals surface area contributed by atoms with Gasteiger partial charge in [0.15, 0.2) is 0 Å². The fourth-order valence-electron chi connectivity index (χ4n) is 4.64. The molecule has 1 fully saturated rings. The number of fused-ring (bicyclic) bond motifs is 1. The summed E-state index contributed by atoms with van der Waals surface area (Å²) in [6.07, 6.45) is 12.8. The lowest BCUT2D eigenvalue weighted by Gasteiger charge is -2.39. The molecule has 0 saturated heterocycles. The summed E-state index contributed by atoms with van der Waals surface area (Å²) in [4.78, 5) is 0. The van der Waals surface area contributed by atoms with Crippen LogP contribution in [-0.4, -0.2) is 10.7 Å². The Morgan fingerprint density at radius 3 is 2.81 bits per heavy atom. The van der Waals surface area contributed by atoms with Gasteiger partial charge in [-0.05, 0) is 89.9 Å². The van der Waals surface area contributed by atoms with Crippen molar-refractivity contribution < 1.29 is 5.11 Å². The van der Waals surface area contributed by atoms with Crippen LogP contribution in [0.2, 0.25) is 0 Å². The average molecular weight is 290 g/mol. The molecule has 0 unspecified atom stereocenters. The van der Waals surface area contributed by atoms with Gasteiger partial charge >= 0.3 is 0 Å². The molecule has 0 heterocycles. The van der Waals surface area contributed by atoms with Crippen molar-refractivity contribution in [1.82, 2.24) is 0 Å². The lowest BCUT2D eigenvalue weighted by Crippen LogP contribution is -2.39. The smallest absolute Gasteiger partial charge is 0.0653 e. The van der Waals surface area contributed by atoms with Crippen molar-refractivity contribution >= 4 is 0 Å². The first-order valence-electron chi connectivity index (χ1n) is 8.76. The van der Waals surface area contributed by atoms with Crippen LogP contribution in [0.4, 0.5) is 0 Å². The zero-order valence-electron chi connectivity index (χ0n) is 14.7. The third-order valence-electron chi connectivity index (χ3n) is 6.18. The summed E-state index contributed by atoms with van der Waals surface area (Å²) < 4.78 is 0. The highest BCUT2D eigenvalue weighted by atomic mass is 16.3. The van der Waals surface area contributed by atoms with Crippen LogP contribution in [0.1, 0.15) is 79.6 Å². The average Bonchev–Trinajstić information content (AvgIpc) is 2.64. The Hall–Kier alpha value is -0.560. The number of hydrogen-bond acceptors (Lipinski definition) is 1. The first-order valence-corrected chi connectivity index (χ1v) is 8.76. The molecular weight excluding hydrogens is 256 g/mol. The van der Waals surface area contributed by atoms with Crippen molar-refractivity contribution in [2.24, 2.45) is 17.3 Å². The van der Waals surface area contributed by atoms with Gasteiger partial charge in [0, 0.05) is 0 Å². The van der Waals surface area contributed by atoms with Crippen molar-refractivity contribution in [3.8, 4) is 0 Å². The zero-order valence-corrected chi connectivity index (χ0v) is 14.7. The molecule has 120 valence electrons. The molecule has 1 N–H and O–H groups in total. The molecule has 2 rings (SSSR count). The first kappa shape index (κ1) is 16.8. The quantitative estimate of drug-likeness (QED) is 0.664. The van der Waals surface area contributed by atoms with Crippen molar-refractivity contribution in [3.05, 3.63) is 23.3 Å². The van der Waals surface area contributed by atoms with Crippen LogP contribution in [0.5, 0.6) is 0 Å². The van der Waals surface area contributed by atoms with Gasteiger partial charge in [-0.25, -0.2) is 0 Å². The molecule has 0 spiro atoms. The molecule has 1 saturated carbocycles. The molecule has 0 radical (unpaired) electrons. The topological polar surface area (TPSA) is 20.2 Å². The Labute approximate surface area is 131 Å². The molecule has 21 heavy (non-hydrogen) atoms. The Bertz CT molecular complexity index is 425. The van der Waals surface area contributed by atoms with Gasteiger partial charge in [0.25, 0.3) is 0 Å². The number of hydrogen-bond donors (Lipinski definition) is 1. The van der Waals surface area contributed by atoms with E-state index in [-0.39, 0.29) is 0 Å². The van der Waals surface area contributed by atoms with Crippen molar-refractivity contribution in [2.75, 3.05) is 0 Å². The highest BCUT2D eigenvalue weighted by molar-refractivity contribution is 5.10. The molecule has 0 aromatic rings. The summed E-state index contributed by atoms with van der Waals surface area (Å²) in [5.74, 6) is 1.17. The molecule has 1 nitrogen and oxygen atoms in total. The van der Waals surface area contributed by atoms with Crippen LogP contribution < -0.4 is 0 Å². The number of rotatable bonds is 4. The van der Waals surface area contributed by atoms with E-state index in [0.717, 1.165) is 12.8 Å². The third-order valence-corrected chi connectivity index (χ3v) is 6.18. The summed E-state index contributed by atoms with van der Waals surface area (Å²) in [5.41, 5.74) is 2.82. The van der Waals surface area contributed by atoms with Crippen molar-refractivity contribution in [3.63, 3.8) is 0 Å². The molecule has 2 aliphatic carbocycles. The summed E-state index contributed by atoms with van der Waals surface area (Å²) in [6.45, 7) is 11.1. The van der Waals surface area contributed by atoms with Gasteiger partial charge in [-0.15, -0.1) is 0 Å². The Morgan fingerprint density at radius 1 is 1.43 bits per heavy atom. The van der Waals surface area contributed by atoms with Crippen molar-refractivity contribution in [1.29, 1.82) is 0 Å². The fourth-order valence-corrected chi connectivity index (χ4v) is 4.64. The SMILES string of the molecule is CC(C)=CCC[C@](C)(O)[C@H]1CC[C@]2(C)CC=C(C)CC[C@@H]12. The lowest BCUT2D eigenvalue weighted by atomic mass is 9.69. The summed E-state index contributed by atoms with van der Waals surface area (Å²) in [6, 6.07) is 0. The highest BCUT2D eigenvalue weighted by Gasteiger charge is 2.50. The minimum Gasteiger partial charge on any atom is -0.390 e. The van der Waals surface area contributed by atoms with Gasteiger partial charge in [0.1, 0.15) is 0 Å². The monoisotopic (exact) mass is 290 g/mol. The van der Waals surface area contributed by atoms with E-state index in [1.54, 1.807) is 5.57 Å². The van der Waals surface area contributed by atoms with E-state index in [2.05, 4.69) is 46.8 Å². The molecule has 0 bridgehead atoms. The molecular formula is C20H34O. The maximum Gasteiger partial charge on any atom is 0.0653 e. The van der Waals surface area contributed by atoms with Crippen molar-refractivity contribution in [2.45, 2.75) is 85.2 Å².